The van der Waals surface area contributed by atoms with Crippen molar-refractivity contribution in [3.63, 3.8) is 0 Å². The minimum Gasteiger partial charge on any atom is -0.363 e. The van der Waals surface area contributed by atoms with Crippen molar-refractivity contribution in [3.8, 4) is 0 Å². The van der Waals surface area contributed by atoms with Crippen LogP contribution in [0.5, 0.6) is 0 Å². The maximum atomic E-state index is 14.8. The molecule has 0 radical (unpaired) electrons. The van der Waals surface area contributed by atoms with Crippen molar-refractivity contribution < 1.29 is 8.78 Å². The largest absolute Gasteiger partial charge is 0.363 e. The van der Waals surface area contributed by atoms with E-state index >= 15 is 0 Å². The lowest BCUT2D eigenvalue weighted by atomic mass is 10.0. The summed E-state index contributed by atoms with van der Waals surface area (Å²) in [6.45, 7) is 4.90. The predicted molar refractivity (Wildman–Crippen MR) is 106 cm³/mol. The normalized spacial score (nSPS) is 13.8. The first-order valence-electron chi connectivity index (χ1n) is 8.72. The topological polar surface area (TPSA) is 68.0 Å². The van der Waals surface area contributed by atoms with Gasteiger partial charge >= 0.3 is 0 Å². The summed E-state index contributed by atoms with van der Waals surface area (Å²) < 4.78 is 31.0. The van der Waals surface area contributed by atoms with Gasteiger partial charge in [-0.1, -0.05) is 18.2 Å². The summed E-state index contributed by atoms with van der Waals surface area (Å²) >= 11 is 3.50. The summed E-state index contributed by atoms with van der Waals surface area (Å²) in [6.07, 6.45) is 0.205. The van der Waals surface area contributed by atoms with Crippen LogP contribution >= 0.6 is 15.9 Å². The number of alkyl halides is 1. The Hall–Kier alpha value is -2.68. The second-order valence-electron chi connectivity index (χ2n) is 6.61. The summed E-state index contributed by atoms with van der Waals surface area (Å²) in [6, 6.07) is 6.17. The number of anilines is 1. The van der Waals surface area contributed by atoms with Crippen LogP contribution in [0.25, 0.3) is 16.6 Å². The Morgan fingerprint density at radius 3 is 2.68 bits per heavy atom. The molecule has 0 aliphatic heterocycles. The van der Waals surface area contributed by atoms with Gasteiger partial charge in [0.2, 0.25) is 0 Å². The number of aryl methyl sites for hydroxylation is 1. The van der Waals surface area contributed by atoms with Crippen LogP contribution in [0.4, 0.5) is 14.6 Å². The third-order valence-corrected chi connectivity index (χ3v) is 5.23. The fourth-order valence-electron chi connectivity index (χ4n) is 3.23. The van der Waals surface area contributed by atoms with Gasteiger partial charge in [0.05, 0.1) is 10.6 Å². The lowest BCUT2D eigenvalue weighted by Gasteiger charge is -2.19. The van der Waals surface area contributed by atoms with Crippen molar-refractivity contribution in [1.82, 2.24) is 24.6 Å². The minimum atomic E-state index is -1.38. The van der Waals surface area contributed by atoms with Crippen LogP contribution in [0.2, 0.25) is 0 Å². The van der Waals surface area contributed by atoms with Crippen molar-refractivity contribution in [2.75, 3.05) is 5.32 Å². The molecule has 9 heteroatoms. The number of benzene rings is 1. The SMILES string of the molecule is Cc1nc(N[C@H](C)c2cccc(C(C)F)c2F)c2cc(Br)n3cnnc3c2n1. The molecule has 0 aliphatic carbocycles. The third-order valence-electron chi connectivity index (χ3n) is 4.62. The molecule has 0 amide bonds. The number of hydrogen-bond acceptors (Lipinski definition) is 5. The molecule has 28 heavy (non-hydrogen) atoms. The van der Waals surface area contributed by atoms with E-state index in [0.717, 1.165) is 9.99 Å². The summed E-state index contributed by atoms with van der Waals surface area (Å²) in [5.41, 5.74) is 1.64. The Kier molecular flexibility index (Phi) is 4.70. The number of fused-ring (bicyclic) bond motifs is 3. The second-order valence-corrected chi connectivity index (χ2v) is 7.42. The molecule has 1 unspecified atom stereocenters. The first kappa shape index (κ1) is 18.7. The maximum absolute atomic E-state index is 14.8. The zero-order chi connectivity index (χ0) is 20.0. The quantitative estimate of drug-likeness (QED) is 0.442. The zero-order valence-electron chi connectivity index (χ0n) is 15.4. The summed E-state index contributed by atoms with van der Waals surface area (Å²) in [7, 11) is 0. The van der Waals surface area contributed by atoms with Gasteiger partial charge in [-0.2, -0.15) is 0 Å². The predicted octanol–water partition coefficient (Wildman–Crippen LogP) is 5.09. The van der Waals surface area contributed by atoms with Gasteiger partial charge in [0, 0.05) is 16.5 Å². The number of aromatic nitrogens is 5. The number of hydrogen-bond donors (Lipinski definition) is 1. The van der Waals surface area contributed by atoms with Gasteiger partial charge in [0.25, 0.3) is 0 Å². The minimum absolute atomic E-state index is 0.0442. The van der Waals surface area contributed by atoms with Crippen LogP contribution in [0.15, 0.2) is 35.2 Å². The molecule has 144 valence electrons. The highest BCUT2D eigenvalue weighted by atomic mass is 79.9. The molecule has 1 aromatic carbocycles. The van der Waals surface area contributed by atoms with Gasteiger partial charge in [-0.25, -0.2) is 18.7 Å². The number of nitrogens with one attached hydrogen (secondary N) is 1. The highest BCUT2D eigenvalue weighted by molar-refractivity contribution is 9.10. The lowest BCUT2D eigenvalue weighted by Crippen LogP contribution is -2.12. The molecule has 0 fully saturated rings. The van der Waals surface area contributed by atoms with Crippen LogP contribution in [0.1, 0.15) is 43.0 Å². The van der Waals surface area contributed by atoms with Gasteiger partial charge in [-0.15, -0.1) is 10.2 Å². The molecule has 3 aromatic heterocycles. The fourth-order valence-corrected chi connectivity index (χ4v) is 3.72. The summed E-state index contributed by atoms with van der Waals surface area (Å²) in [5.74, 6) is 0.536. The molecule has 4 rings (SSSR count). The Labute approximate surface area is 168 Å². The van der Waals surface area contributed by atoms with E-state index in [-0.39, 0.29) is 5.56 Å². The van der Waals surface area contributed by atoms with Gasteiger partial charge in [-0.3, -0.25) is 4.40 Å². The van der Waals surface area contributed by atoms with Gasteiger partial charge in [-0.05, 0) is 42.8 Å². The molecule has 2 atom stereocenters. The first-order valence-corrected chi connectivity index (χ1v) is 9.51. The average Bonchev–Trinajstić information content (AvgIpc) is 3.13. The van der Waals surface area contributed by atoms with Crippen molar-refractivity contribution in [1.29, 1.82) is 0 Å². The van der Waals surface area contributed by atoms with E-state index in [1.165, 1.54) is 13.0 Å². The Morgan fingerprint density at radius 2 is 1.93 bits per heavy atom. The molecule has 0 spiro atoms. The van der Waals surface area contributed by atoms with Crippen molar-refractivity contribution >= 4 is 38.3 Å². The van der Waals surface area contributed by atoms with Crippen LogP contribution in [-0.2, 0) is 0 Å². The Morgan fingerprint density at radius 1 is 1.18 bits per heavy atom. The van der Waals surface area contributed by atoms with Crippen LogP contribution in [0.3, 0.4) is 0 Å². The monoisotopic (exact) mass is 446 g/mol. The lowest BCUT2D eigenvalue weighted by molar-refractivity contribution is 0.360. The van der Waals surface area contributed by atoms with Crippen molar-refractivity contribution in [3.05, 3.63) is 58.0 Å². The van der Waals surface area contributed by atoms with Crippen LogP contribution < -0.4 is 5.32 Å². The number of nitrogens with zero attached hydrogens (tertiary/aromatic N) is 5. The number of halogens is 3. The molecule has 0 saturated carbocycles. The average molecular weight is 447 g/mol. The van der Waals surface area contributed by atoms with Gasteiger partial charge < -0.3 is 5.32 Å². The molecule has 4 aromatic rings. The molecule has 0 saturated heterocycles. The Bertz CT molecular complexity index is 1190. The van der Waals surface area contributed by atoms with Crippen molar-refractivity contribution in [2.24, 2.45) is 0 Å². The van der Waals surface area contributed by atoms with E-state index in [4.69, 9.17) is 0 Å². The van der Waals surface area contributed by atoms with Crippen LogP contribution in [-0.4, -0.2) is 24.6 Å². The van der Waals surface area contributed by atoms with E-state index < -0.39 is 18.0 Å². The smallest absolute Gasteiger partial charge is 0.188 e. The highest BCUT2D eigenvalue weighted by Gasteiger charge is 2.20. The second kappa shape index (κ2) is 7.05. The number of pyridine rings is 1. The highest BCUT2D eigenvalue weighted by Crippen LogP contribution is 2.31. The van der Waals surface area contributed by atoms with E-state index in [9.17, 15) is 8.78 Å². The van der Waals surface area contributed by atoms with Gasteiger partial charge in [0.1, 0.15) is 35.5 Å². The first-order chi connectivity index (χ1) is 13.4. The number of rotatable bonds is 4. The van der Waals surface area contributed by atoms with E-state index in [2.05, 4.69) is 41.4 Å². The third kappa shape index (κ3) is 3.09. The van der Waals surface area contributed by atoms with Crippen molar-refractivity contribution in [2.45, 2.75) is 33.0 Å². The fraction of sp³-hybridized carbons (Fsp3) is 0.263. The van der Waals surface area contributed by atoms with E-state index in [1.54, 1.807) is 36.7 Å². The van der Waals surface area contributed by atoms with E-state index in [1.807, 2.05) is 6.07 Å². The molecule has 6 nitrogen and oxygen atoms in total. The zero-order valence-corrected chi connectivity index (χ0v) is 17.0. The molecular weight excluding hydrogens is 430 g/mol. The molecule has 1 N–H and O–H groups in total. The Balaban J connectivity index is 1.82. The van der Waals surface area contributed by atoms with E-state index in [0.29, 0.717) is 28.4 Å². The standard InChI is InChI=1S/C19H17BrF2N6/c1-9(21)12-5-4-6-13(16(12)22)10(2)24-18-14-7-15(20)28-8-23-27-19(28)17(14)25-11(3)26-18/h4-10H,1-3H3,(H,24,25,26)/t9?,10-/m1/s1. The molecular formula is C19H17BrF2N6. The molecule has 0 aliphatic rings. The van der Waals surface area contributed by atoms with Crippen LogP contribution in [0, 0.1) is 12.7 Å². The van der Waals surface area contributed by atoms with Gasteiger partial charge in [0.15, 0.2) is 5.65 Å². The maximum Gasteiger partial charge on any atom is 0.188 e. The summed E-state index contributed by atoms with van der Waals surface area (Å²) in [4.78, 5) is 8.98. The molecule has 0 bridgehead atoms. The summed E-state index contributed by atoms with van der Waals surface area (Å²) in [5, 5.41) is 12.0. The molecule has 3 heterocycles.